The maximum Gasteiger partial charge on any atom is 0.573 e. The molecule has 4 aromatic rings. The zero-order chi connectivity index (χ0) is 23.9. The van der Waals surface area contributed by atoms with Gasteiger partial charge in [0.2, 0.25) is 0 Å². The first-order valence-electron chi connectivity index (χ1n) is 10.4. The molecular formula is C24H19F3N4O3. The SMILES string of the molecule is Cn1cc2cccc(C(=O)NC3(c4ccc(OC(F)(F)F)cc4)CCOc4cccnc43)c2n1. The summed E-state index contributed by atoms with van der Waals surface area (Å²) in [7, 11) is 1.77. The van der Waals surface area contributed by atoms with Gasteiger partial charge in [0.05, 0.1) is 12.2 Å². The molecule has 1 N–H and O–H groups in total. The first-order chi connectivity index (χ1) is 16.2. The van der Waals surface area contributed by atoms with Gasteiger partial charge in [0.1, 0.15) is 28.2 Å². The van der Waals surface area contributed by atoms with E-state index in [0.717, 1.165) is 5.39 Å². The van der Waals surface area contributed by atoms with Gasteiger partial charge in [-0.05, 0) is 35.9 Å². The molecule has 7 nitrogen and oxygen atoms in total. The molecule has 1 aliphatic heterocycles. The van der Waals surface area contributed by atoms with E-state index in [9.17, 15) is 18.0 Å². The Hall–Kier alpha value is -4.08. The molecule has 1 unspecified atom stereocenters. The van der Waals surface area contributed by atoms with Crippen LogP contribution in [0.1, 0.15) is 28.0 Å². The van der Waals surface area contributed by atoms with Crippen LogP contribution >= 0.6 is 0 Å². The van der Waals surface area contributed by atoms with Crippen molar-refractivity contribution in [2.45, 2.75) is 18.3 Å². The topological polar surface area (TPSA) is 78.3 Å². The third kappa shape index (κ3) is 3.91. The highest BCUT2D eigenvalue weighted by molar-refractivity contribution is 6.05. The van der Waals surface area contributed by atoms with Gasteiger partial charge in [0.15, 0.2) is 0 Å². The molecule has 1 amide bonds. The molecule has 0 fully saturated rings. The summed E-state index contributed by atoms with van der Waals surface area (Å²) in [5.41, 5.74) is 0.789. The third-order valence-electron chi connectivity index (χ3n) is 5.71. The normalized spacial score (nSPS) is 17.6. The fourth-order valence-electron chi connectivity index (χ4n) is 4.29. The molecule has 0 spiro atoms. The summed E-state index contributed by atoms with van der Waals surface area (Å²) in [6.07, 6.45) is -1.09. The Kier molecular flexibility index (Phi) is 5.15. The van der Waals surface area contributed by atoms with Gasteiger partial charge in [-0.1, -0.05) is 24.3 Å². The maximum atomic E-state index is 13.6. The molecule has 34 heavy (non-hydrogen) atoms. The molecule has 0 aliphatic carbocycles. The van der Waals surface area contributed by atoms with E-state index in [2.05, 4.69) is 20.1 Å². The zero-order valence-electron chi connectivity index (χ0n) is 18.0. The second-order valence-corrected chi connectivity index (χ2v) is 7.93. The highest BCUT2D eigenvalue weighted by Gasteiger charge is 2.43. The van der Waals surface area contributed by atoms with E-state index in [-0.39, 0.29) is 12.4 Å². The van der Waals surface area contributed by atoms with Crippen molar-refractivity contribution in [1.82, 2.24) is 20.1 Å². The standard InChI is InChI=1S/C24H19F3N4O3/c1-31-14-15-4-2-5-18(20(15)30-31)22(32)29-23(11-13-33-19-6-3-12-28-21(19)23)16-7-9-17(10-8-16)34-24(25,26)27/h2-10,12,14H,11,13H2,1H3,(H,29,32). The average molecular weight is 468 g/mol. The Morgan fingerprint density at radius 1 is 1.15 bits per heavy atom. The molecule has 174 valence electrons. The van der Waals surface area contributed by atoms with Crippen molar-refractivity contribution in [2.24, 2.45) is 7.05 Å². The molecule has 2 aromatic heterocycles. The number of hydrogen-bond donors (Lipinski definition) is 1. The highest BCUT2D eigenvalue weighted by atomic mass is 19.4. The number of carbonyl (C=O) groups is 1. The van der Waals surface area contributed by atoms with Gasteiger partial charge in [-0.2, -0.15) is 5.10 Å². The minimum atomic E-state index is -4.80. The Balaban J connectivity index is 1.59. The number of fused-ring (bicyclic) bond motifs is 2. The molecule has 3 heterocycles. The number of hydrogen-bond acceptors (Lipinski definition) is 5. The summed E-state index contributed by atoms with van der Waals surface area (Å²) in [6.45, 7) is 0.271. The number of halogens is 3. The van der Waals surface area contributed by atoms with Gasteiger partial charge in [-0.25, -0.2) is 0 Å². The number of nitrogens with one attached hydrogen (secondary N) is 1. The van der Waals surface area contributed by atoms with E-state index in [4.69, 9.17) is 4.74 Å². The molecule has 0 bridgehead atoms. The van der Waals surface area contributed by atoms with Crippen LogP contribution in [0.4, 0.5) is 13.2 Å². The van der Waals surface area contributed by atoms with Gasteiger partial charge >= 0.3 is 6.36 Å². The molecule has 2 aromatic carbocycles. The van der Waals surface area contributed by atoms with Crippen LogP contribution in [0, 0.1) is 0 Å². The Morgan fingerprint density at radius 2 is 1.94 bits per heavy atom. The van der Waals surface area contributed by atoms with Crippen molar-refractivity contribution in [3.8, 4) is 11.5 Å². The van der Waals surface area contributed by atoms with Crippen LogP contribution in [0.15, 0.2) is 67.0 Å². The molecule has 10 heteroatoms. The van der Waals surface area contributed by atoms with Crippen molar-refractivity contribution in [3.05, 3.63) is 83.8 Å². The van der Waals surface area contributed by atoms with E-state index in [1.54, 1.807) is 42.2 Å². The van der Waals surface area contributed by atoms with Crippen molar-refractivity contribution >= 4 is 16.8 Å². The van der Waals surface area contributed by atoms with Gasteiger partial charge in [0.25, 0.3) is 5.91 Å². The van der Waals surface area contributed by atoms with Gasteiger partial charge in [-0.15, -0.1) is 13.2 Å². The van der Waals surface area contributed by atoms with Crippen molar-refractivity contribution in [2.75, 3.05) is 6.61 Å². The molecule has 0 saturated heterocycles. The number of ether oxygens (including phenoxy) is 2. The molecule has 1 aliphatic rings. The lowest BCUT2D eigenvalue weighted by molar-refractivity contribution is -0.274. The monoisotopic (exact) mass is 468 g/mol. The lowest BCUT2D eigenvalue weighted by Crippen LogP contribution is -2.50. The van der Waals surface area contributed by atoms with Crippen LogP contribution < -0.4 is 14.8 Å². The number of carbonyl (C=O) groups excluding carboxylic acids is 1. The summed E-state index contributed by atoms with van der Waals surface area (Å²) in [5.74, 6) is -0.261. The summed E-state index contributed by atoms with van der Waals surface area (Å²) >= 11 is 0. The minimum Gasteiger partial charge on any atom is -0.491 e. The van der Waals surface area contributed by atoms with Crippen LogP contribution in [0.5, 0.6) is 11.5 Å². The number of aromatic nitrogens is 3. The van der Waals surface area contributed by atoms with Crippen molar-refractivity contribution in [3.63, 3.8) is 0 Å². The summed E-state index contributed by atoms with van der Waals surface area (Å²) < 4.78 is 49.3. The highest BCUT2D eigenvalue weighted by Crippen LogP contribution is 2.41. The number of rotatable bonds is 4. The number of pyridine rings is 1. The van der Waals surface area contributed by atoms with E-state index in [1.165, 1.54) is 24.3 Å². The summed E-state index contributed by atoms with van der Waals surface area (Å²) in [6, 6.07) is 14.2. The number of aryl methyl sites for hydroxylation is 1. The second-order valence-electron chi connectivity index (χ2n) is 7.93. The first-order valence-corrected chi connectivity index (χ1v) is 10.4. The lowest BCUT2D eigenvalue weighted by atomic mass is 9.81. The number of benzene rings is 2. The first kappa shape index (κ1) is 21.7. The van der Waals surface area contributed by atoms with E-state index in [1.807, 2.05) is 12.3 Å². The van der Waals surface area contributed by atoms with Crippen LogP contribution in [0.25, 0.3) is 10.9 Å². The Bertz CT molecular complexity index is 1370. The lowest BCUT2D eigenvalue weighted by Gasteiger charge is -2.39. The van der Waals surface area contributed by atoms with Gasteiger partial charge < -0.3 is 14.8 Å². The second kappa shape index (κ2) is 8.05. The van der Waals surface area contributed by atoms with Crippen LogP contribution in [0.3, 0.4) is 0 Å². The molecule has 1 atom stereocenters. The predicted molar refractivity (Wildman–Crippen MR) is 116 cm³/mol. The fraction of sp³-hybridized carbons (Fsp3) is 0.208. The third-order valence-corrected chi connectivity index (χ3v) is 5.71. The maximum absolute atomic E-state index is 13.6. The van der Waals surface area contributed by atoms with E-state index in [0.29, 0.717) is 34.5 Å². The van der Waals surface area contributed by atoms with Crippen molar-refractivity contribution in [1.29, 1.82) is 0 Å². The quantitative estimate of drug-likeness (QED) is 0.483. The van der Waals surface area contributed by atoms with Crippen LogP contribution in [0.2, 0.25) is 0 Å². The molecular weight excluding hydrogens is 449 g/mol. The number of nitrogens with zero attached hydrogens (tertiary/aromatic N) is 3. The van der Waals surface area contributed by atoms with Gasteiger partial charge in [-0.3, -0.25) is 14.5 Å². The molecule has 0 radical (unpaired) electrons. The minimum absolute atomic E-state index is 0.271. The largest absolute Gasteiger partial charge is 0.573 e. The van der Waals surface area contributed by atoms with Gasteiger partial charge in [0, 0.05) is 31.2 Å². The molecule has 5 rings (SSSR count). The fourth-order valence-corrected chi connectivity index (χ4v) is 4.29. The summed E-state index contributed by atoms with van der Waals surface area (Å²) in [4.78, 5) is 18.1. The van der Waals surface area contributed by atoms with Crippen LogP contribution in [-0.2, 0) is 12.6 Å². The Labute approximate surface area is 192 Å². The van der Waals surface area contributed by atoms with E-state index >= 15 is 0 Å². The number of alkyl halides is 3. The Morgan fingerprint density at radius 3 is 2.71 bits per heavy atom. The average Bonchev–Trinajstić information content (AvgIpc) is 3.19. The molecule has 0 saturated carbocycles. The van der Waals surface area contributed by atoms with E-state index < -0.39 is 17.8 Å². The van der Waals surface area contributed by atoms with Crippen molar-refractivity contribution < 1.29 is 27.4 Å². The zero-order valence-corrected chi connectivity index (χ0v) is 18.0. The van der Waals surface area contributed by atoms with Crippen LogP contribution in [-0.4, -0.2) is 33.6 Å². The smallest absolute Gasteiger partial charge is 0.491 e. The summed E-state index contributed by atoms with van der Waals surface area (Å²) in [5, 5.41) is 8.31. The number of amides is 1. The predicted octanol–water partition coefficient (Wildman–Crippen LogP) is 4.32.